The van der Waals surface area contributed by atoms with Crippen LogP contribution in [0.5, 0.6) is 5.75 Å². The van der Waals surface area contributed by atoms with Gasteiger partial charge in [0.1, 0.15) is 5.75 Å². The number of nitrogens with one attached hydrogen (secondary N) is 1. The highest BCUT2D eigenvalue weighted by atomic mass is 79.9. The SMILES string of the molecule is COc1ccccc1C(=O)NCCCCn1cc(Br)ccc1=O. The number of ether oxygens (including phenoxy) is 1. The van der Waals surface area contributed by atoms with Crippen molar-refractivity contribution in [1.82, 2.24) is 9.88 Å². The zero-order chi connectivity index (χ0) is 16.7. The van der Waals surface area contributed by atoms with Gasteiger partial charge in [0.05, 0.1) is 12.7 Å². The van der Waals surface area contributed by atoms with E-state index in [0.29, 0.717) is 24.4 Å². The van der Waals surface area contributed by atoms with Crippen LogP contribution in [0.15, 0.2) is 51.9 Å². The Hall–Kier alpha value is -2.08. The maximum absolute atomic E-state index is 12.1. The zero-order valence-electron chi connectivity index (χ0n) is 12.9. The molecule has 0 unspecified atom stereocenters. The van der Waals surface area contributed by atoms with Gasteiger partial charge in [0.25, 0.3) is 11.5 Å². The topological polar surface area (TPSA) is 60.3 Å². The molecule has 2 aromatic rings. The van der Waals surface area contributed by atoms with Crippen molar-refractivity contribution in [2.75, 3.05) is 13.7 Å². The van der Waals surface area contributed by atoms with Crippen molar-refractivity contribution in [3.8, 4) is 5.75 Å². The van der Waals surface area contributed by atoms with Crippen LogP contribution in [0.3, 0.4) is 0 Å². The Labute approximate surface area is 143 Å². The lowest BCUT2D eigenvalue weighted by atomic mass is 10.2. The summed E-state index contributed by atoms with van der Waals surface area (Å²) in [6.45, 7) is 1.18. The minimum absolute atomic E-state index is 0.0220. The molecule has 0 saturated carbocycles. The van der Waals surface area contributed by atoms with Crippen LogP contribution in [-0.2, 0) is 6.54 Å². The van der Waals surface area contributed by atoms with Crippen molar-refractivity contribution in [2.24, 2.45) is 0 Å². The van der Waals surface area contributed by atoms with E-state index in [2.05, 4.69) is 21.2 Å². The maximum Gasteiger partial charge on any atom is 0.255 e. The number of nitrogens with zero attached hydrogens (tertiary/aromatic N) is 1. The summed E-state index contributed by atoms with van der Waals surface area (Å²) in [5, 5.41) is 2.87. The van der Waals surface area contributed by atoms with E-state index in [9.17, 15) is 9.59 Å². The van der Waals surface area contributed by atoms with Gasteiger partial charge in [0, 0.05) is 29.8 Å². The van der Waals surface area contributed by atoms with Gasteiger partial charge in [-0.05, 0) is 47.0 Å². The third kappa shape index (κ3) is 4.96. The first-order valence-corrected chi connectivity index (χ1v) is 8.18. The molecule has 23 heavy (non-hydrogen) atoms. The van der Waals surface area contributed by atoms with Crippen LogP contribution in [0.4, 0.5) is 0 Å². The average molecular weight is 379 g/mol. The van der Waals surface area contributed by atoms with E-state index in [4.69, 9.17) is 4.74 Å². The van der Waals surface area contributed by atoms with E-state index in [1.54, 1.807) is 42.1 Å². The van der Waals surface area contributed by atoms with Gasteiger partial charge in [-0.3, -0.25) is 9.59 Å². The number of pyridine rings is 1. The molecule has 1 aromatic carbocycles. The quantitative estimate of drug-likeness (QED) is 0.753. The van der Waals surface area contributed by atoms with Crippen LogP contribution in [0.25, 0.3) is 0 Å². The van der Waals surface area contributed by atoms with E-state index >= 15 is 0 Å². The first-order valence-electron chi connectivity index (χ1n) is 7.39. The Balaban J connectivity index is 1.78. The van der Waals surface area contributed by atoms with E-state index in [-0.39, 0.29) is 11.5 Å². The number of hydrogen-bond acceptors (Lipinski definition) is 3. The molecule has 1 amide bonds. The molecule has 1 N–H and O–H groups in total. The fourth-order valence-corrected chi connectivity index (χ4v) is 2.59. The molecule has 0 spiro atoms. The molecular formula is C17H19BrN2O3. The van der Waals surface area contributed by atoms with E-state index in [1.807, 2.05) is 6.07 Å². The number of aromatic nitrogens is 1. The second-order valence-corrected chi connectivity index (χ2v) is 5.96. The summed E-state index contributed by atoms with van der Waals surface area (Å²) in [6.07, 6.45) is 3.37. The largest absolute Gasteiger partial charge is 0.496 e. The third-order valence-electron chi connectivity index (χ3n) is 3.41. The van der Waals surface area contributed by atoms with Gasteiger partial charge in [-0.15, -0.1) is 0 Å². The molecule has 0 bridgehead atoms. The summed E-state index contributed by atoms with van der Waals surface area (Å²) in [4.78, 5) is 23.8. The van der Waals surface area contributed by atoms with Gasteiger partial charge >= 0.3 is 0 Å². The number of unbranched alkanes of at least 4 members (excludes halogenated alkanes) is 1. The van der Waals surface area contributed by atoms with Crippen LogP contribution >= 0.6 is 15.9 Å². The standard InChI is InChI=1S/C17H19BrN2O3/c1-23-15-7-3-2-6-14(15)17(22)19-10-4-5-11-20-12-13(18)8-9-16(20)21/h2-3,6-9,12H,4-5,10-11H2,1H3,(H,19,22). The Morgan fingerprint density at radius 1 is 1.22 bits per heavy atom. The third-order valence-corrected chi connectivity index (χ3v) is 3.88. The fourth-order valence-electron chi connectivity index (χ4n) is 2.21. The van der Waals surface area contributed by atoms with Crippen molar-refractivity contribution in [3.05, 3.63) is 63.0 Å². The molecule has 6 heteroatoms. The van der Waals surface area contributed by atoms with Gasteiger partial charge in [-0.1, -0.05) is 12.1 Å². The predicted molar refractivity (Wildman–Crippen MR) is 93.0 cm³/mol. The van der Waals surface area contributed by atoms with Crippen LogP contribution in [0.1, 0.15) is 23.2 Å². The van der Waals surface area contributed by atoms with Crippen molar-refractivity contribution in [3.63, 3.8) is 0 Å². The second kappa shape index (κ2) is 8.53. The fraction of sp³-hybridized carbons (Fsp3) is 0.294. The summed E-state index contributed by atoms with van der Waals surface area (Å²) in [5.41, 5.74) is 0.504. The van der Waals surface area contributed by atoms with Crippen molar-refractivity contribution >= 4 is 21.8 Å². The molecular weight excluding hydrogens is 360 g/mol. The molecule has 1 heterocycles. The second-order valence-electron chi connectivity index (χ2n) is 5.04. The molecule has 0 aliphatic rings. The summed E-state index contributed by atoms with van der Waals surface area (Å²) in [5.74, 6) is 0.410. The van der Waals surface area contributed by atoms with Gasteiger partial charge in [-0.25, -0.2) is 0 Å². The molecule has 0 aliphatic heterocycles. The maximum atomic E-state index is 12.1. The van der Waals surface area contributed by atoms with Crippen molar-refractivity contribution in [2.45, 2.75) is 19.4 Å². The zero-order valence-corrected chi connectivity index (χ0v) is 14.5. The Morgan fingerprint density at radius 3 is 2.78 bits per heavy atom. The highest BCUT2D eigenvalue weighted by molar-refractivity contribution is 9.10. The van der Waals surface area contributed by atoms with Crippen molar-refractivity contribution < 1.29 is 9.53 Å². The number of benzene rings is 1. The van der Waals surface area contributed by atoms with Crippen LogP contribution < -0.4 is 15.6 Å². The molecule has 0 aliphatic carbocycles. The molecule has 0 fully saturated rings. The number of carbonyl (C=O) groups excluding carboxylic acids is 1. The normalized spacial score (nSPS) is 10.3. The Kier molecular flexibility index (Phi) is 6.40. The Bertz CT molecular complexity index is 728. The van der Waals surface area contributed by atoms with E-state index < -0.39 is 0 Å². The van der Waals surface area contributed by atoms with Gasteiger partial charge < -0.3 is 14.6 Å². The molecule has 0 radical (unpaired) electrons. The first-order chi connectivity index (χ1) is 11.1. The molecule has 2 rings (SSSR count). The van der Waals surface area contributed by atoms with E-state index in [1.165, 1.54) is 6.07 Å². The summed E-state index contributed by atoms with van der Waals surface area (Å²) < 4.78 is 7.71. The number of rotatable bonds is 7. The van der Waals surface area contributed by atoms with Crippen LogP contribution in [-0.4, -0.2) is 24.1 Å². The van der Waals surface area contributed by atoms with Crippen LogP contribution in [0.2, 0.25) is 0 Å². The molecule has 0 saturated heterocycles. The van der Waals surface area contributed by atoms with Crippen LogP contribution in [0, 0.1) is 0 Å². The molecule has 0 atom stereocenters. The average Bonchev–Trinajstić information content (AvgIpc) is 2.57. The summed E-state index contributed by atoms with van der Waals surface area (Å²) >= 11 is 3.35. The van der Waals surface area contributed by atoms with Crippen molar-refractivity contribution in [1.29, 1.82) is 0 Å². The van der Waals surface area contributed by atoms with Gasteiger partial charge in [0.2, 0.25) is 0 Å². The number of halogens is 1. The lowest BCUT2D eigenvalue weighted by Crippen LogP contribution is -2.25. The molecule has 122 valence electrons. The highest BCUT2D eigenvalue weighted by Crippen LogP contribution is 2.16. The monoisotopic (exact) mass is 378 g/mol. The minimum atomic E-state index is -0.151. The minimum Gasteiger partial charge on any atom is -0.496 e. The van der Waals surface area contributed by atoms with Gasteiger partial charge in [0.15, 0.2) is 0 Å². The Morgan fingerprint density at radius 2 is 2.00 bits per heavy atom. The summed E-state index contributed by atoms with van der Waals surface area (Å²) in [7, 11) is 1.54. The number of hydrogen-bond donors (Lipinski definition) is 1. The number of aryl methyl sites for hydroxylation is 1. The van der Waals surface area contributed by atoms with E-state index in [0.717, 1.165) is 17.3 Å². The predicted octanol–water partition coefficient (Wildman–Crippen LogP) is 2.83. The number of carbonyl (C=O) groups is 1. The lowest BCUT2D eigenvalue weighted by molar-refractivity contribution is 0.0950. The first kappa shape index (κ1) is 17.3. The molecule has 5 nitrogen and oxygen atoms in total. The smallest absolute Gasteiger partial charge is 0.255 e. The number of methoxy groups -OCH3 is 1. The van der Waals surface area contributed by atoms with Gasteiger partial charge in [-0.2, -0.15) is 0 Å². The summed E-state index contributed by atoms with van der Waals surface area (Å²) in [6, 6.07) is 10.4. The highest BCUT2D eigenvalue weighted by Gasteiger charge is 2.10. The number of para-hydroxylation sites is 1. The number of amides is 1. The lowest BCUT2D eigenvalue weighted by Gasteiger charge is -2.09. The molecule has 1 aromatic heterocycles.